The van der Waals surface area contributed by atoms with E-state index >= 15 is 0 Å². The van der Waals surface area contributed by atoms with E-state index in [4.69, 9.17) is 5.73 Å². The quantitative estimate of drug-likeness (QED) is 0.910. The summed E-state index contributed by atoms with van der Waals surface area (Å²) in [7, 11) is 0. The molecule has 0 bridgehead atoms. The summed E-state index contributed by atoms with van der Waals surface area (Å²) in [6.45, 7) is 6.19. The molecule has 17 heavy (non-hydrogen) atoms. The number of hydrogen-bond donors (Lipinski definition) is 1. The Morgan fingerprint density at radius 1 is 1.29 bits per heavy atom. The highest BCUT2D eigenvalue weighted by Crippen LogP contribution is 2.23. The Morgan fingerprint density at radius 2 is 2.06 bits per heavy atom. The van der Waals surface area contributed by atoms with Gasteiger partial charge in [0.1, 0.15) is 5.82 Å². The molecule has 1 aliphatic rings. The Kier molecular flexibility index (Phi) is 4.76. The van der Waals surface area contributed by atoms with Crippen LogP contribution in [0, 0.1) is 0 Å². The number of hydrogen-bond acceptors (Lipinski definition) is 4. The van der Waals surface area contributed by atoms with Crippen LogP contribution in [-0.2, 0) is 0 Å². The van der Waals surface area contributed by atoms with E-state index in [1.54, 1.807) is 0 Å². The molecule has 1 aromatic rings. The Bertz CT molecular complexity index is 350. The number of aromatic nitrogens is 1. The van der Waals surface area contributed by atoms with E-state index in [1.807, 2.05) is 18.3 Å². The molecular formula is C12H19BrN4. The predicted octanol–water partition coefficient (Wildman–Crippen LogP) is 1.31. The average Bonchev–Trinajstić information content (AvgIpc) is 2.38. The number of piperazine rings is 1. The van der Waals surface area contributed by atoms with Crippen molar-refractivity contribution in [1.82, 2.24) is 9.88 Å². The Labute approximate surface area is 111 Å². The Morgan fingerprint density at radius 3 is 2.71 bits per heavy atom. The molecule has 2 rings (SSSR count). The SMILES string of the molecule is NCCCN1CCN(c2ncccc2Br)CC1. The molecule has 0 unspecified atom stereocenters. The summed E-state index contributed by atoms with van der Waals surface area (Å²) in [5.74, 6) is 1.06. The van der Waals surface area contributed by atoms with Gasteiger partial charge in [-0.3, -0.25) is 4.90 Å². The van der Waals surface area contributed by atoms with Crippen LogP contribution in [0.2, 0.25) is 0 Å². The van der Waals surface area contributed by atoms with Crippen LogP contribution in [0.25, 0.3) is 0 Å². The van der Waals surface area contributed by atoms with Crippen LogP contribution in [0.4, 0.5) is 5.82 Å². The van der Waals surface area contributed by atoms with Crippen molar-refractivity contribution in [3.05, 3.63) is 22.8 Å². The lowest BCUT2D eigenvalue weighted by molar-refractivity contribution is 0.256. The molecule has 0 radical (unpaired) electrons. The summed E-state index contributed by atoms with van der Waals surface area (Å²) in [5, 5.41) is 0. The number of nitrogens with two attached hydrogens (primary N) is 1. The first-order valence-corrected chi connectivity index (χ1v) is 6.88. The van der Waals surface area contributed by atoms with E-state index in [0.717, 1.165) is 56.0 Å². The lowest BCUT2D eigenvalue weighted by atomic mass is 10.3. The minimum absolute atomic E-state index is 0.784. The molecule has 0 aliphatic carbocycles. The highest BCUT2D eigenvalue weighted by atomic mass is 79.9. The van der Waals surface area contributed by atoms with Crippen LogP contribution in [-0.4, -0.2) is 49.2 Å². The van der Waals surface area contributed by atoms with Crippen molar-refractivity contribution in [2.45, 2.75) is 6.42 Å². The normalized spacial score (nSPS) is 17.4. The first-order valence-electron chi connectivity index (χ1n) is 6.09. The van der Waals surface area contributed by atoms with Gasteiger partial charge in [-0.1, -0.05) is 0 Å². The predicted molar refractivity (Wildman–Crippen MR) is 74.3 cm³/mol. The molecule has 0 saturated carbocycles. The van der Waals surface area contributed by atoms with Crippen molar-refractivity contribution in [3.63, 3.8) is 0 Å². The van der Waals surface area contributed by atoms with Gasteiger partial charge in [-0.15, -0.1) is 0 Å². The fourth-order valence-corrected chi connectivity index (χ4v) is 2.61. The van der Waals surface area contributed by atoms with Gasteiger partial charge in [0.05, 0.1) is 4.47 Å². The molecular weight excluding hydrogens is 280 g/mol. The molecule has 0 aromatic carbocycles. The van der Waals surface area contributed by atoms with Gasteiger partial charge >= 0.3 is 0 Å². The summed E-state index contributed by atoms with van der Waals surface area (Å²) in [4.78, 5) is 9.24. The number of pyridine rings is 1. The van der Waals surface area contributed by atoms with E-state index in [9.17, 15) is 0 Å². The molecule has 94 valence electrons. The van der Waals surface area contributed by atoms with Crippen molar-refractivity contribution in [2.75, 3.05) is 44.2 Å². The summed E-state index contributed by atoms with van der Waals surface area (Å²) in [6.07, 6.45) is 2.94. The van der Waals surface area contributed by atoms with Gasteiger partial charge in [0, 0.05) is 32.4 Å². The molecule has 2 N–H and O–H groups in total. The molecule has 4 nitrogen and oxygen atoms in total. The Balaban J connectivity index is 1.89. The third kappa shape index (κ3) is 3.40. The highest BCUT2D eigenvalue weighted by molar-refractivity contribution is 9.10. The molecule has 0 spiro atoms. The largest absolute Gasteiger partial charge is 0.353 e. The van der Waals surface area contributed by atoms with Crippen LogP contribution in [0.3, 0.4) is 0 Å². The van der Waals surface area contributed by atoms with Gasteiger partial charge in [-0.05, 0) is 47.6 Å². The van der Waals surface area contributed by atoms with Crippen molar-refractivity contribution in [2.24, 2.45) is 5.73 Å². The van der Waals surface area contributed by atoms with Gasteiger partial charge in [-0.2, -0.15) is 0 Å². The van der Waals surface area contributed by atoms with E-state index < -0.39 is 0 Å². The minimum atomic E-state index is 0.784. The summed E-state index contributed by atoms with van der Waals surface area (Å²) < 4.78 is 1.08. The van der Waals surface area contributed by atoms with Crippen molar-refractivity contribution < 1.29 is 0 Å². The molecule has 1 fully saturated rings. The smallest absolute Gasteiger partial charge is 0.142 e. The Hall–Kier alpha value is -0.650. The summed E-state index contributed by atoms with van der Waals surface area (Å²) in [6, 6.07) is 3.99. The number of rotatable bonds is 4. The molecule has 1 aromatic heterocycles. The van der Waals surface area contributed by atoms with E-state index in [0.29, 0.717) is 0 Å². The second kappa shape index (κ2) is 6.33. The van der Waals surface area contributed by atoms with Crippen LogP contribution in [0.1, 0.15) is 6.42 Å². The second-order valence-electron chi connectivity index (χ2n) is 4.28. The van der Waals surface area contributed by atoms with Gasteiger partial charge in [0.2, 0.25) is 0 Å². The minimum Gasteiger partial charge on any atom is -0.353 e. The molecule has 0 atom stereocenters. The van der Waals surface area contributed by atoms with Crippen LogP contribution in [0.5, 0.6) is 0 Å². The summed E-state index contributed by atoms with van der Waals surface area (Å²) in [5.41, 5.74) is 5.53. The van der Waals surface area contributed by atoms with Gasteiger partial charge in [0.15, 0.2) is 0 Å². The number of nitrogens with zero attached hydrogens (tertiary/aromatic N) is 3. The number of halogens is 1. The summed E-state index contributed by atoms with van der Waals surface area (Å²) >= 11 is 3.55. The lowest BCUT2D eigenvalue weighted by Gasteiger charge is -2.35. The standard InChI is InChI=1S/C12H19BrN4/c13-11-3-1-5-15-12(11)17-9-7-16(8-10-17)6-2-4-14/h1,3,5H,2,4,6-10,14H2. The fourth-order valence-electron chi connectivity index (χ4n) is 2.11. The van der Waals surface area contributed by atoms with Crippen molar-refractivity contribution in [1.29, 1.82) is 0 Å². The van der Waals surface area contributed by atoms with E-state index in [-0.39, 0.29) is 0 Å². The van der Waals surface area contributed by atoms with E-state index in [1.165, 1.54) is 0 Å². The third-order valence-corrected chi connectivity index (χ3v) is 3.71. The van der Waals surface area contributed by atoms with Crippen LogP contribution >= 0.6 is 15.9 Å². The zero-order valence-corrected chi connectivity index (χ0v) is 11.6. The first-order chi connectivity index (χ1) is 8.31. The molecule has 5 heteroatoms. The maximum Gasteiger partial charge on any atom is 0.142 e. The zero-order chi connectivity index (χ0) is 12.1. The van der Waals surface area contributed by atoms with Crippen molar-refractivity contribution >= 4 is 21.7 Å². The molecule has 1 saturated heterocycles. The zero-order valence-electron chi connectivity index (χ0n) is 9.98. The van der Waals surface area contributed by atoms with Gasteiger partial charge in [0.25, 0.3) is 0 Å². The topological polar surface area (TPSA) is 45.4 Å². The number of anilines is 1. The first kappa shape index (κ1) is 12.8. The average molecular weight is 299 g/mol. The maximum absolute atomic E-state index is 5.53. The fraction of sp³-hybridized carbons (Fsp3) is 0.583. The van der Waals surface area contributed by atoms with Gasteiger partial charge in [-0.25, -0.2) is 4.98 Å². The third-order valence-electron chi connectivity index (χ3n) is 3.09. The molecule has 1 aliphatic heterocycles. The van der Waals surface area contributed by atoms with Crippen molar-refractivity contribution in [3.8, 4) is 0 Å². The molecule has 2 heterocycles. The molecule has 0 amide bonds. The second-order valence-corrected chi connectivity index (χ2v) is 5.13. The van der Waals surface area contributed by atoms with Crippen LogP contribution in [0.15, 0.2) is 22.8 Å². The maximum atomic E-state index is 5.53. The van der Waals surface area contributed by atoms with E-state index in [2.05, 4.69) is 30.7 Å². The monoisotopic (exact) mass is 298 g/mol. The van der Waals surface area contributed by atoms with Gasteiger partial charge < -0.3 is 10.6 Å². The highest BCUT2D eigenvalue weighted by Gasteiger charge is 2.18. The van der Waals surface area contributed by atoms with Crippen LogP contribution < -0.4 is 10.6 Å². The lowest BCUT2D eigenvalue weighted by Crippen LogP contribution is -2.47.